The molecule has 2 atom stereocenters. The minimum Gasteiger partial charge on any atom is -0.496 e. The Balaban J connectivity index is 1.50. The normalized spacial score (nSPS) is 19.6. The van der Waals surface area contributed by atoms with E-state index in [9.17, 15) is 58.6 Å². The quantitative estimate of drug-likeness (QED) is 0.205. The number of benzene rings is 3. The van der Waals surface area contributed by atoms with Crippen molar-refractivity contribution in [3.05, 3.63) is 65.2 Å². The van der Waals surface area contributed by atoms with E-state index >= 15 is 0 Å². The summed E-state index contributed by atoms with van der Waals surface area (Å²) in [5.74, 6) is -3.54. The Morgan fingerprint density at radius 1 is 0.906 bits per heavy atom. The second-order valence-corrected chi connectivity index (χ2v) is 13.5. The van der Waals surface area contributed by atoms with Crippen molar-refractivity contribution in [2.75, 3.05) is 39.8 Å². The van der Waals surface area contributed by atoms with Crippen LogP contribution >= 0.6 is 0 Å². The maximum atomic E-state index is 15.0. The summed E-state index contributed by atoms with van der Waals surface area (Å²) >= 11 is 0. The van der Waals surface area contributed by atoms with Crippen molar-refractivity contribution < 1.29 is 63.3 Å². The largest absolute Gasteiger partial charge is 0.496 e. The van der Waals surface area contributed by atoms with Gasteiger partial charge >= 0.3 is 24.5 Å². The van der Waals surface area contributed by atoms with Crippen LogP contribution in [0.25, 0.3) is 21.9 Å². The monoisotopic (exact) mass is 765 g/mol. The number of carbonyl (C=O) groups excluding carboxylic acids is 1. The minimum atomic E-state index is -5.22. The van der Waals surface area contributed by atoms with Gasteiger partial charge in [-0.25, -0.2) is 9.18 Å². The second-order valence-electron chi connectivity index (χ2n) is 13.5. The first-order chi connectivity index (χ1) is 24.7. The zero-order valence-electron chi connectivity index (χ0n) is 28.4. The second kappa shape index (κ2) is 15.3. The Labute approximate surface area is 297 Å². The Bertz CT molecular complexity index is 1800. The third kappa shape index (κ3) is 8.82. The van der Waals surface area contributed by atoms with Gasteiger partial charge in [-0.15, -0.1) is 0 Å². The van der Waals surface area contributed by atoms with E-state index in [-0.39, 0.29) is 51.9 Å². The highest BCUT2D eigenvalue weighted by atomic mass is 19.4. The van der Waals surface area contributed by atoms with Gasteiger partial charge in [-0.1, -0.05) is 42.5 Å². The molecule has 2 N–H and O–H groups in total. The van der Waals surface area contributed by atoms with Crippen molar-refractivity contribution in [3.63, 3.8) is 0 Å². The number of nitrogens with zero attached hydrogens (tertiary/aromatic N) is 2. The third-order valence-corrected chi connectivity index (χ3v) is 10.00. The van der Waals surface area contributed by atoms with Crippen LogP contribution in [-0.2, 0) is 28.7 Å². The molecule has 2 heterocycles. The lowest BCUT2D eigenvalue weighted by molar-refractivity contribution is -0.236. The van der Waals surface area contributed by atoms with Crippen molar-refractivity contribution in [2.45, 2.75) is 69.4 Å². The van der Waals surface area contributed by atoms with E-state index in [1.54, 1.807) is 4.90 Å². The fourth-order valence-electron chi connectivity index (χ4n) is 7.38. The number of likely N-dealkylation sites (tertiary alicyclic amines) is 2. The number of carbonyl (C=O) groups is 2. The van der Waals surface area contributed by atoms with Crippen LogP contribution in [0.15, 0.2) is 48.5 Å². The predicted molar refractivity (Wildman–Crippen MR) is 174 cm³/mol. The fraction of sp³-hybridized carbons (Fsp3) is 0.500. The van der Waals surface area contributed by atoms with Gasteiger partial charge in [0, 0.05) is 25.1 Å². The molecule has 0 bridgehead atoms. The van der Waals surface area contributed by atoms with Crippen LogP contribution in [0.1, 0.15) is 42.4 Å². The van der Waals surface area contributed by atoms with Crippen LogP contribution in [0.2, 0.25) is 0 Å². The van der Waals surface area contributed by atoms with E-state index in [1.807, 2.05) is 5.32 Å². The van der Waals surface area contributed by atoms with E-state index in [2.05, 4.69) is 0 Å². The average Bonchev–Trinajstić information content (AvgIpc) is 3.06. The highest BCUT2D eigenvalue weighted by Crippen LogP contribution is 2.48. The first-order valence-electron chi connectivity index (χ1n) is 16.8. The molecule has 5 rings (SSSR count). The van der Waals surface area contributed by atoms with Gasteiger partial charge in [-0.3, -0.25) is 14.6 Å². The standard InChI is InChI=1S/C36H37F10N3O4/c1-53-28-11-10-22(18-49-14-4-6-23(37)19-49)30(35(41,42)43)29(28)26-9-3-7-24-21(5-2-8-25(24)26)17-27(31(50)51)47-32(52)33(36(44,45)46)12-15-48(16-13-33)20-34(38,39)40/h2-3,5,7-11,23,27H,4,6,12-20H2,1H3,(H,47,52)(H,50,51)/t23?,27-/m0/s1. The van der Waals surface area contributed by atoms with E-state index < -0.39 is 92.5 Å². The molecule has 0 aromatic heterocycles. The minimum absolute atomic E-state index is 0.0296. The van der Waals surface area contributed by atoms with Crippen LogP contribution < -0.4 is 10.1 Å². The topological polar surface area (TPSA) is 82.1 Å². The smallest absolute Gasteiger partial charge is 0.417 e. The molecule has 53 heavy (non-hydrogen) atoms. The molecule has 3 aromatic carbocycles. The Hall–Kier alpha value is -4.12. The van der Waals surface area contributed by atoms with E-state index in [4.69, 9.17) is 4.74 Å². The van der Waals surface area contributed by atoms with Crippen LogP contribution in [0.5, 0.6) is 5.75 Å². The lowest BCUT2D eigenvalue weighted by Gasteiger charge is -2.42. The number of halogens is 10. The van der Waals surface area contributed by atoms with Crippen LogP contribution in [0, 0.1) is 5.41 Å². The maximum Gasteiger partial charge on any atom is 0.417 e. The first kappa shape index (κ1) is 40.1. The molecule has 2 aliphatic heterocycles. The van der Waals surface area contributed by atoms with Gasteiger partial charge in [-0.05, 0) is 78.8 Å². The zero-order valence-corrected chi connectivity index (χ0v) is 28.4. The highest BCUT2D eigenvalue weighted by Gasteiger charge is 2.61. The van der Waals surface area contributed by atoms with E-state index in [1.165, 1.54) is 55.6 Å². The molecule has 7 nitrogen and oxygen atoms in total. The van der Waals surface area contributed by atoms with Gasteiger partial charge < -0.3 is 15.2 Å². The summed E-state index contributed by atoms with van der Waals surface area (Å²) in [5.41, 5.74) is -4.37. The predicted octanol–water partition coefficient (Wildman–Crippen LogP) is 7.79. The molecule has 3 aromatic rings. The van der Waals surface area contributed by atoms with Crippen molar-refractivity contribution in [2.24, 2.45) is 5.41 Å². The molecule has 0 saturated carbocycles. The Morgan fingerprint density at radius 2 is 1.57 bits per heavy atom. The van der Waals surface area contributed by atoms with Crippen LogP contribution in [0.4, 0.5) is 43.9 Å². The average molecular weight is 766 g/mol. The van der Waals surface area contributed by atoms with Crippen molar-refractivity contribution in [1.29, 1.82) is 0 Å². The highest BCUT2D eigenvalue weighted by molar-refractivity contribution is 6.01. The van der Waals surface area contributed by atoms with Gasteiger partial charge in [0.2, 0.25) is 5.91 Å². The molecule has 2 aliphatic rings. The molecule has 2 fully saturated rings. The van der Waals surface area contributed by atoms with Crippen molar-refractivity contribution in [3.8, 4) is 16.9 Å². The molecular formula is C36H37F10N3O4. The maximum absolute atomic E-state index is 15.0. The number of hydrogen-bond donors (Lipinski definition) is 2. The van der Waals surface area contributed by atoms with Gasteiger partial charge in [0.15, 0.2) is 0 Å². The van der Waals surface area contributed by atoms with Gasteiger partial charge in [-0.2, -0.15) is 39.5 Å². The molecule has 2 saturated heterocycles. The number of hydrogen-bond acceptors (Lipinski definition) is 5. The molecule has 0 aliphatic carbocycles. The van der Waals surface area contributed by atoms with Crippen molar-refractivity contribution in [1.82, 2.24) is 15.1 Å². The molecular weight excluding hydrogens is 728 g/mol. The number of ether oxygens (including phenoxy) is 1. The van der Waals surface area contributed by atoms with Crippen molar-refractivity contribution >= 4 is 22.6 Å². The summed E-state index contributed by atoms with van der Waals surface area (Å²) in [6.07, 6.45) is -17.8. The summed E-state index contributed by atoms with van der Waals surface area (Å²) < 4.78 is 146. The zero-order chi connectivity index (χ0) is 38.9. The number of piperidine rings is 2. The summed E-state index contributed by atoms with van der Waals surface area (Å²) in [7, 11) is 1.20. The number of alkyl halides is 10. The molecule has 1 unspecified atom stereocenters. The fourth-order valence-corrected chi connectivity index (χ4v) is 7.38. The molecule has 1 amide bonds. The Morgan fingerprint density at radius 3 is 2.15 bits per heavy atom. The summed E-state index contributed by atoms with van der Waals surface area (Å²) in [6, 6.07) is 9.36. The van der Waals surface area contributed by atoms with Gasteiger partial charge in [0.1, 0.15) is 23.4 Å². The number of aliphatic carboxylic acids is 1. The molecule has 17 heteroatoms. The number of nitrogens with one attached hydrogen (secondary N) is 1. The number of amides is 1. The number of carboxylic acids is 1. The van der Waals surface area contributed by atoms with E-state index in [0.29, 0.717) is 19.4 Å². The summed E-state index contributed by atoms with van der Waals surface area (Å²) in [4.78, 5) is 28.0. The summed E-state index contributed by atoms with van der Waals surface area (Å²) in [6.45, 7) is -2.72. The number of rotatable bonds is 10. The SMILES string of the molecule is COc1ccc(CN2CCCC(F)C2)c(C(F)(F)F)c1-c1cccc2c(C[C@H](NC(=O)C3(C(F)(F)F)CCN(CC(F)(F)F)CC3)C(=O)O)cccc12. The number of carboxylic acid groups (broad SMARTS) is 1. The van der Waals surface area contributed by atoms with Gasteiger partial charge in [0.25, 0.3) is 0 Å². The lowest BCUT2D eigenvalue weighted by Crippen LogP contribution is -2.59. The lowest BCUT2D eigenvalue weighted by atomic mass is 9.76. The Kier molecular flexibility index (Phi) is 11.6. The molecule has 0 radical (unpaired) electrons. The first-order valence-corrected chi connectivity index (χ1v) is 16.8. The molecule has 290 valence electrons. The van der Waals surface area contributed by atoms with E-state index in [0.717, 1.165) is 4.90 Å². The third-order valence-electron chi connectivity index (χ3n) is 10.00. The summed E-state index contributed by atoms with van der Waals surface area (Å²) in [5, 5.41) is 12.4. The van der Waals surface area contributed by atoms with Gasteiger partial charge in [0.05, 0.1) is 19.2 Å². The molecule has 0 spiro atoms. The van der Waals surface area contributed by atoms with Crippen LogP contribution in [-0.4, -0.2) is 91.2 Å². The van der Waals surface area contributed by atoms with Crippen LogP contribution in [0.3, 0.4) is 0 Å². The number of methoxy groups -OCH3 is 1. The number of fused-ring (bicyclic) bond motifs is 1.